The molecule has 0 aliphatic rings. The van der Waals surface area contributed by atoms with Gasteiger partial charge < -0.3 is 5.32 Å². The number of anilines is 1. The van der Waals surface area contributed by atoms with Gasteiger partial charge in [-0.25, -0.2) is 17.6 Å². The van der Waals surface area contributed by atoms with Crippen molar-refractivity contribution >= 4 is 11.6 Å². The maximum Gasteiger partial charge on any atom is 0.255 e. The number of nitrogens with one attached hydrogen (secondary N) is 1. The molecular formula is C19H11F4NO. The van der Waals surface area contributed by atoms with Gasteiger partial charge in [-0.15, -0.1) is 0 Å². The monoisotopic (exact) mass is 345 g/mol. The number of carbonyl (C=O) groups is 1. The Morgan fingerprint density at radius 3 is 1.80 bits per heavy atom. The molecule has 0 spiro atoms. The van der Waals surface area contributed by atoms with Crippen molar-refractivity contribution in [2.24, 2.45) is 0 Å². The second-order valence-corrected chi connectivity index (χ2v) is 5.19. The highest BCUT2D eigenvalue weighted by Crippen LogP contribution is 2.36. The van der Waals surface area contributed by atoms with Crippen molar-refractivity contribution in [2.75, 3.05) is 5.32 Å². The van der Waals surface area contributed by atoms with E-state index in [1.54, 1.807) is 24.3 Å². The molecular weight excluding hydrogens is 334 g/mol. The number of benzene rings is 3. The Bertz CT molecular complexity index is 927. The van der Waals surface area contributed by atoms with Gasteiger partial charge in [0.2, 0.25) is 0 Å². The summed E-state index contributed by atoms with van der Waals surface area (Å²) in [5.74, 6) is -7.94. The van der Waals surface area contributed by atoms with Crippen molar-refractivity contribution in [2.45, 2.75) is 0 Å². The van der Waals surface area contributed by atoms with Gasteiger partial charge in [0.15, 0.2) is 23.3 Å². The van der Waals surface area contributed by atoms with E-state index in [0.717, 1.165) is 0 Å². The van der Waals surface area contributed by atoms with E-state index in [4.69, 9.17) is 0 Å². The molecule has 0 radical (unpaired) electrons. The van der Waals surface area contributed by atoms with Crippen LogP contribution in [0.3, 0.4) is 0 Å². The first-order valence-corrected chi connectivity index (χ1v) is 7.28. The van der Waals surface area contributed by atoms with Crippen LogP contribution in [0, 0.1) is 23.3 Å². The van der Waals surface area contributed by atoms with Crippen LogP contribution >= 0.6 is 0 Å². The van der Waals surface area contributed by atoms with Crippen LogP contribution in [-0.4, -0.2) is 5.91 Å². The minimum absolute atomic E-state index is 0.0983. The summed E-state index contributed by atoms with van der Waals surface area (Å²) >= 11 is 0. The predicted molar refractivity (Wildman–Crippen MR) is 86.1 cm³/mol. The molecule has 126 valence electrons. The van der Waals surface area contributed by atoms with Gasteiger partial charge in [-0.2, -0.15) is 0 Å². The van der Waals surface area contributed by atoms with E-state index < -0.39 is 40.4 Å². The fourth-order valence-electron chi connectivity index (χ4n) is 2.40. The first-order valence-electron chi connectivity index (χ1n) is 7.28. The minimum Gasteiger partial charge on any atom is -0.319 e. The second kappa shape index (κ2) is 6.76. The number of carbonyl (C=O) groups excluding carboxylic acids is 1. The van der Waals surface area contributed by atoms with Gasteiger partial charge in [0.1, 0.15) is 0 Å². The Hall–Kier alpha value is -3.15. The fraction of sp³-hybridized carbons (Fsp3) is 0. The van der Waals surface area contributed by atoms with E-state index in [1.807, 2.05) is 0 Å². The van der Waals surface area contributed by atoms with Crippen LogP contribution in [0.25, 0.3) is 11.1 Å². The first-order chi connectivity index (χ1) is 12.0. The molecule has 0 saturated carbocycles. The van der Waals surface area contributed by atoms with E-state index >= 15 is 0 Å². The Labute approximate surface area is 140 Å². The highest BCUT2D eigenvalue weighted by molar-refractivity contribution is 6.06. The van der Waals surface area contributed by atoms with Crippen molar-refractivity contribution in [3.05, 3.63) is 89.5 Å². The van der Waals surface area contributed by atoms with E-state index in [-0.39, 0.29) is 11.1 Å². The molecule has 1 amide bonds. The molecule has 0 bridgehead atoms. The van der Waals surface area contributed by atoms with Crippen LogP contribution in [0.5, 0.6) is 0 Å². The standard InChI is InChI=1S/C19H11F4NO/c20-14-13(11-7-3-1-4-8-11)18(17(23)16(22)15(14)21)24-19(25)12-9-5-2-6-10-12/h1-10H,(H,24,25). The normalized spacial score (nSPS) is 10.6. The van der Waals surface area contributed by atoms with Gasteiger partial charge in [0.25, 0.3) is 5.91 Å². The number of rotatable bonds is 3. The largest absolute Gasteiger partial charge is 0.319 e. The van der Waals surface area contributed by atoms with Crippen LogP contribution in [0.4, 0.5) is 23.2 Å². The van der Waals surface area contributed by atoms with E-state index in [2.05, 4.69) is 5.32 Å². The summed E-state index contributed by atoms with van der Waals surface area (Å²) in [7, 11) is 0. The Kier molecular flexibility index (Phi) is 4.52. The lowest BCUT2D eigenvalue weighted by molar-refractivity contribution is 0.102. The smallest absolute Gasteiger partial charge is 0.255 e. The average molecular weight is 345 g/mol. The highest BCUT2D eigenvalue weighted by Gasteiger charge is 2.27. The number of hydrogen-bond donors (Lipinski definition) is 1. The van der Waals surface area contributed by atoms with Crippen LogP contribution < -0.4 is 5.32 Å². The zero-order chi connectivity index (χ0) is 18.0. The molecule has 0 saturated heterocycles. The molecule has 6 heteroatoms. The SMILES string of the molecule is O=C(Nc1c(F)c(F)c(F)c(F)c1-c1ccccc1)c1ccccc1. The summed E-state index contributed by atoms with van der Waals surface area (Å²) in [6.07, 6.45) is 0. The number of hydrogen-bond acceptors (Lipinski definition) is 1. The summed E-state index contributed by atoms with van der Waals surface area (Å²) in [5, 5.41) is 2.14. The minimum atomic E-state index is -1.99. The van der Waals surface area contributed by atoms with Crippen LogP contribution in [0.1, 0.15) is 10.4 Å². The maximum atomic E-state index is 14.3. The topological polar surface area (TPSA) is 29.1 Å². The van der Waals surface area contributed by atoms with E-state index in [9.17, 15) is 22.4 Å². The Morgan fingerprint density at radius 1 is 0.680 bits per heavy atom. The predicted octanol–water partition coefficient (Wildman–Crippen LogP) is 5.16. The van der Waals surface area contributed by atoms with Crippen molar-refractivity contribution in [1.82, 2.24) is 0 Å². The number of amides is 1. The van der Waals surface area contributed by atoms with Gasteiger partial charge in [0, 0.05) is 11.1 Å². The molecule has 0 fully saturated rings. The summed E-state index contributed by atoms with van der Waals surface area (Å²) in [6, 6.07) is 15.2. The second-order valence-electron chi connectivity index (χ2n) is 5.19. The van der Waals surface area contributed by atoms with Gasteiger partial charge in [-0.3, -0.25) is 4.79 Å². The van der Waals surface area contributed by atoms with Crippen molar-refractivity contribution in [3.63, 3.8) is 0 Å². The molecule has 0 unspecified atom stereocenters. The Morgan fingerprint density at radius 2 is 1.20 bits per heavy atom. The molecule has 3 rings (SSSR count). The van der Waals surface area contributed by atoms with E-state index in [0.29, 0.717) is 0 Å². The zero-order valence-electron chi connectivity index (χ0n) is 12.7. The van der Waals surface area contributed by atoms with Gasteiger partial charge in [-0.1, -0.05) is 48.5 Å². The summed E-state index contributed by atoms with van der Waals surface area (Å²) in [5.41, 5.74) is -1.05. The molecule has 2 nitrogen and oxygen atoms in total. The zero-order valence-corrected chi connectivity index (χ0v) is 12.7. The molecule has 3 aromatic carbocycles. The third-order valence-corrected chi connectivity index (χ3v) is 3.60. The quantitative estimate of drug-likeness (QED) is 0.396. The lowest BCUT2D eigenvalue weighted by Gasteiger charge is -2.15. The maximum absolute atomic E-state index is 14.3. The number of halogens is 4. The highest BCUT2D eigenvalue weighted by atomic mass is 19.2. The van der Waals surface area contributed by atoms with Crippen LogP contribution in [0.15, 0.2) is 60.7 Å². The molecule has 0 atom stereocenters. The first kappa shape index (κ1) is 16.7. The Balaban J connectivity index is 2.17. The molecule has 0 aromatic heterocycles. The van der Waals surface area contributed by atoms with Gasteiger partial charge >= 0.3 is 0 Å². The molecule has 3 aromatic rings. The van der Waals surface area contributed by atoms with Crippen LogP contribution in [0.2, 0.25) is 0 Å². The molecule has 1 N–H and O–H groups in total. The molecule has 25 heavy (non-hydrogen) atoms. The van der Waals surface area contributed by atoms with Crippen molar-refractivity contribution < 1.29 is 22.4 Å². The molecule has 0 aliphatic heterocycles. The van der Waals surface area contributed by atoms with Crippen molar-refractivity contribution in [1.29, 1.82) is 0 Å². The lowest BCUT2D eigenvalue weighted by atomic mass is 10.0. The van der Waals surface area contributed by atoms with Gasteiger partial charge in [-0.05, 0) is 17.7 Å². The summed E-state index contributed by atoms with van der Waals surface area (Å²) < 4.78 is 55.9. The van der Waals surface area contributed by atoms with Crippen LogP contribution in [-0.2, 0) is 0 Å². The summed E-state index contributed by atoms with van der Waals surface area (Å²) in [6.45, 7) is 0. The summed E-state index contributed by atoms with van der Waals surface area (Å²) in [4.78, 5) is 12.2. The average Bonchev–Trinajstić information content (AvgIpc) is 2.66. The third kappa shape index (κ3) is 3.10. The fourth-order valence-corrected chi connectivity index (χ4v) is 2.40. The van der Waals surface area contributed by atoms with E-state index in [1.165, 1.54) is 36.4 Å². The third-order valence-electron chi connectivity index (χ3n) is 3.60. The molecule has 0 heterocycles. The lowest BCUT2D eigenvalue weighted by Crippen LogP contribution is -2.16. The van der Waals surface area contributed by atoms with Crippen molar-refractivity contribution in [3.8, 4) is 11.1 Å². The molecule has 0 aliphatic carbocycles. The van der Waals surface area contributed by atoms with Gasteiger partial charge in [0.05, 0.1) is 5.69 Å².